The first kappa shape index (κ1) is 16.0. The Kier molecular flexibility index (Phi) is 4.36. The fourth-order valence-electron chi connectivity index (χ4n) is 3.23. The molecule has 0 radical (unpaired) electrons. The molecule has 0 aliphatic carbocycles. The highest BCUT2D eigenvalue weighted by atomic mass is 32.1. The standard InChI is InChI=1S/C21H20N2OS/c1-2-3-6-11-23-14-22-20-19(21(23)24)18(13-25-20)17-10-9-15-7-4-5-8-16(15)12-17/h4-5,7-10,12-14H,2-3,6,11H2,1H3. The minimum atomic E-state index is 0.0745. The molecule has 126 valence electrons. The van der Waals surface area contributed by atoms with Gasteiger partial charge in [-0.25, -0.2) is 4.98 Å². The molecule has 0 atom stereocenters. The molecule has 0 amide bonds. The molecule has 0 saturated carbocycles. The fourth-order valence-corrected chi connectivity index (χ4v) is 4.13. The molecule has 0 bridgehead atoms. The van der Waals surface area contributed by atoms with Crippen molar-refractivity contribution in [3.8, 4) is 11.1 Å². The molecule has 4 aromatic rings. The van der Waals surface area contributed by atoms with E-state index in [1.807, 2.05) is 12.1 Å². The second-order valence-corrected chi connectivity index (χ2v) is 7.20. The molecule has 0 aliphatic rings. The molecule has 0 spiro atoms. The van der Waals surface area contributed by atoms with E-state index in [-0.39, 0.29) is 5.56 Å². The van der Waals surface area contributed by atoms with Crippen LogP contribution in [-0.2, 0) is 6.54 Å². The van der Waals surface area contributed by atoms with Gasteiger partial charge in [-0.2, -0.15) is 0 Å². The van der Waals surface area contributed by atoms with Crippen molar-refractivity contribution >= 4 is 32.3 Å². The molecular formula is C21H20N2OS. The molecule has 3 nitrogen and oxygen atoms in total. The second-order valence-electron chi connectivity index (χ2n) is 6.34. The van der Waals surface area contributed by atoms with Crippen molar-refractivity contribution in [2.24, 2.45) is 0 Å². The smallest absolute Gasteiger partial charge is 0.262 e. The van der Waals surface area contributed by atoms with Crippen LogP contribution in [-0.4, -0.2) is 9.55 Å². The summed E-state index contributed by atoms with van der Waals surface area (Å²) in [5, 5.41) is 5.20. The maximum absolute atomic E-state index is 13.0. The third kappa shape index (κ3) is 2.98. The highest BCUT2D eigenvalue weighted by Gasteiger charge is 2.13. The maximum atomic E-state index is 13.0. The molecule has 2 aromatic carbocycles. The largest absolute Gasteiger partial charge is 0.299 e. The minimum Gasteiger partial charge on any atom is -0.299 e. The van der Waals surface area contributed by atoms with Gasteiger partial charge >= 0.3 is 0 Å². The van der Waals surface area contributed by atoms with Crippen molar-refractivity contribution in [3.05, 3.63) is 64.5 Å². The van der Waals surface area contributed by atoms with E-state index in [1.165, 1.54) is 10.8 Å². The van der Waals surface area contributed by atoms with E-state index in [9.17, 15) is 4.79 Å². The van der Waals surface area contributed by atoms with Crippen molar-refractivity contribution in [2.75, 3.05) is 0 Å². The third-order valence-corrected chi connectivity index (χ3v) is 5.51. The molecule has 25 heavy (non-hydrogen) atoms. The van der Waals surface area contributed by atoms with E-state index in [0.29, 0.717) is 0 Å². The lowest BCUT2D eigenvalue weighted by Gasteiger charge is -2.06. The molecule has 2 heterocycles. The van der Waals surface area contributed by atoms with Gasteiger partial charge in [-0.15, -0.1) is 11.3 Å². The van der Waals surface area contributed by atoms with E-state index in [0.717, 1.165) is 47.2 Å². The summed E-state index contributed by atoms with van der Waals surface area (Å²) in [5.41, 5.74) is 2.15. The molecule has 0 fully saturated rings. The topological polar surface area (TPSA) is 34.9 Å². The molecular weight excluding hydrogens is 328 g/mol. The number of thiophene rings is 1. The van der Waals surface area contributed by atoms with Crippen LogP contribution in [0.15, 0.2) is 59.0 Å². The van der Waals surface area contributed by atoms with Crippen molar-refractivity contribution < 1.29 is 0 Å². The van der Waals surface area contributed by atoms with Crippen LogP contribution < -0.4 is 5.56 Å². The SMILES string of the molecule is CCCCCn1cnc2scc(-c3ccc4ccccc4c3)c2c1=O. The first-order chi connectivity index (χ1) is 12.3. The molecule has 4 rings (SSSR count). The van der Waals surface area contributed by atoms with E-state index < -0.39 is 0 Å². The molecule has 0 saturated heterocycles. The molecule has 2 aromatic heterocycles. The van der Waals surface area contributed by atoms with Crippen LogP contribution in [0.2, 0.25) is 0 Å². The lowest BCUT2D eigenvalue weighted by molar-refractivity contribution is 0.584. The predicted molar refractivity (Wildman–Crippen MR) is 106 cm³/mol. The van der Waals surface area contributed by atoms with Gasteiger partial charge < -0.3 is 0 Å². The lowest BCUT2D eigenvalue weighted by Crippen LogP contribution is -2.20. The van der Waals surface area contributed by atoms with Gasteiger partial charge in [0.1, 0.15) is 4.83 Å². The summed E-state index contributed by atoms with van der Waals surface area (Å²) >= 11 is 1.54. The van der Waals surface area contributed by atoms with Crippen LogP contribution in [0.4, 0.5) is 0 Å². The summed E-state index contributed by atoms with van der Waals surface area (Å²) in [6.07, 6.45) is 4.98. The van der Waals surface area contributed by atoms with Gasteiger partial charge in [0.05, 0.1) is 11.7 Å². The number of rotatable bonds is 5. The summed E-state index contributed by atoms with van der Waals surface area (Å²) in [7, 11) is 0. The molecule has 4 heteroatoms. The van der Waals surface area contributed by atoms with Crippen LogP contribution in [0.3, 0.4) is 0 Å². The Morgan fingerprint density at radius 2 is 1.92 bits per heavy atom. The number of hydrogen-bond acceptors (Lipinski definition) is 3. The van der Waals surface area contributed by atoms with Gasteiger partial charge in [-0.05, 0) is 28.8 Å². The highest BCUT2D eigenvalue weighted by molar-refractivity contribution is 7.17. The van der Waals surface area contributed by atoms with Crippen molar-refractivity contribution in [1.29, 1.82) is 0 Å². The van der Waals surface area contributed by atoms with E-state index in [4.69, 9.17) is 0 Å². The number of aryl methyl sites for hydroxylation is 1. The van der Waals surface area contributed by atoms with Crippen LogP contribution in [0.25, 0.3) is 32.1 Å². The van der Waals surface area contributed by atoms with Crippen LogP contribution in [0.1, 0.15) is 26.2 Å². The van der Waals surface area contributed by atoms with Crippen LogP contribution in [0, 0.1) is 0 Å². The van der Waals surface area contributed by atoms with Crippen LogP contribution >= 0.6 is 11.3 Å². The zero-order valence-corrected chi connectivity index (χ0v) is 15.1. The Labute approximate surface area is 150 Å². The first-order valence-corrected chi connectivity index (χ1v) is 9.61. The van der Waals surface area contributed by atoms with Crippen molar-refractivity contribution in [2.45, 2.75) is 32.7 Å². The van der Waals surface area contributed by atoms with Gasteiger partial charge in [0, 0.05) is 17.5 Å². The maximum Gasteiger partial charge on any atom is 0.262 e. The number of fused-ring (bicyclic) bond motifs is 2. The summed E-state index contributed by atoms with van der Waals surface area (Å²) in [5.74, 6) is 0. The van der Waals surface area contributed by atoms with Crippen LogP contribution in [0.5, 0.6) is 0 Å². The Hall–Kier alpha value is -2.46. The summed E-state index contributed by atoms with van der Waals surface area (Å²) in [6.45, 7) is 2.91. The highest BCUT2D eigenvalue weighted by Crippen LogP contribution is 2.32. The van der Waals surface area contributed by atoms with E-state index >= 15 is 0 Å². The number of hydrogen-bond donors (Lipinski definition) is 0. The number of benzene rings is 2. The number of nitrogens with zero attached hydrogens (tertiary/aromatic N) is 2. The Morgan fingerprint density at radius 3 is 2.76 bits per heavy atom. The number of unbranched alkanes of at least 4 members (excludes halogenated alkanes) is 2. The number of aromatic nitrogens is 2. The second kappa shape index (κ2) is 6.81. The van der Waals surface area contributed by atoms with Gasteiger partial charge in [0.15, 0.2) is 0 Å². The normalized spacial score (nSPS) is 11.4. The quantitative estimate of drug-likeness (QED) is 0.448. The fraction of sp³-hybridized carbons (Fsp3) is 0.238. The minimum absolute atomic E-state index is 0.0745. The zero-order valence-electron chi connectivity index (χ0n) is 14.2. The van der Waals surface area contributed by atoms with E-state index in [1.54, 1.807) is 22.2 Å². The monoisotopic (exact) mass is 348 g/mol. The predicted octanol–water partition coefficient (Wildman–Crippen LogP) is 5.47. The van der Waals surface area contributed by atoms with E-state index in [2.05, 4.69) is 47.6 Å². The van der Waals surface area contributed by atoms with Gasteiger partial charge in [0.2, 0.25) is 0 Å². The van der Waals surface area contributed by atoms with Crippen molar-refractivity contribution in [3.63, 3.8) is 0 Å². The Morgan fingerprint density at radius 1 is 1.08 bits per heavy atom. The van der Waals surface area contributed by atoms with Gasteiger partial charge in [-0.1, -0.05) is 56.2 Å². The average molecular weight is 348 g/mol. The zero-order chi connectivity index (χ0) is 17.2. The van der Waals surface area contributed by atoms with Gasteiger partial charge in [-0.3, -0.25) is 9.36 Å². The Bertz CT molecular complexity index is 1090. The summed E-state index contributed by atoms with van der Waals surface area (Å²) < 4.78 is 1.76. The molecule has 0 aliphatic heterocycles. The first-order valence-electron chi connectivity index (χ1n) is 8.73. The lowest BCUT2D eigenvalue weighted by atomic mass is 10.0. The third-order valence-electron chi connectivity index (χ3n) is 4.62. The van der Waals surface area contributed by atoms with Gasteiger partial charge in [0.25, 0.3) is 5.56 Å². The van der Waals surface area contributed by atoms with Crippen molar-refractivity contribution in [1.82, 2.24) is 9.55 Å². The molecule has 0 N–H and O–H groups in total. The Balaban J connectivity index is 1.83. The molecule has 0 unspecified atom stereocenters. The summed E-state index contributed by atoms with van der Waals surface area (Å²) in [6, 6.07) is 14.7. The average Bonchev–Trinajstić information content (AvgIpc) is 3.08. The summed E-state index contributed by atoms with van der Waals surface area (Å²) in [4.78, 5) is 18.3.